The van der Waals surface area contributed by atoms with E-state index in [0.717, 1.165) is 38.9 Å². The van der Waals surface area contributed by atoms with Crippen LogP contribution >= 0.6 is 0 Å². The minimum atomic E-state index is -0.293. The zero-order valence-electron chi connectivity index (χ0n) is 11.5. The summed E-state index contributed by atoms with van der Waals surface area (Å²) in [6.07, 6.45) is 4.69. The Kier molecular flexibility index (Phi) is 5.80. The Balaban J connectivity index is 1.59. The SMILES string of the molecule is O=C(CCCC1CCOCC1)NNc1ccc(F)cc1. The highest BCUT2D eigenvalue weighted by atomic mass is 19.1. The highest BCUT2D eigenvalue weighted by Crippen LogP contribution is 2.20. The number of halogens is 1. The summed E-state index contributed by atoms with van der Waals surface area (Å²) in [4.78, 5) is 11.7. The molecule has 110 valence electrons. The third-order valence-corrected chi connectivity index (χ3v) is 3.55. The molecule has 4 nitrogen and oxygen atoms in total. The van der Waals surface area contributed by atoms with Crippen LogP contribution < -0.4 is 10.9 Å². The summed E-state index contributed by atoms with van der Waals surface area (Å²) in [6.45, 7) is 1.70. The molecule has 0 aliphatic carbocycles. The van der Waals surface area contributed by atoms with Gasteiger partial charge in [0.1, 0.15) is 5.82 Å². The van der Waals surface area contributed by atoms with Crippen molar-refractivity contribution in [3.05, 3.63) is 30.1 Å². The zero-order valence-corrected chi connectivity index (χ0v) is 11.5. The second kappa shape index (κ2) is 7.85. The van der Waals surface area contributed by atoms with Gasteiger partial charge in [0.15, 0.2) is 0 Å². The second-order valence-electron chi connectivity index (χ2n) is 5.13. The maximum Gasteiger partial charge on any atom is 0.238 e. The number of anilines is 1. The molecule has 5 heteroatoms. The molecule has 2 rings (SSSR count). The number of hydrogen-bond acceptors (Lipinski definition) is 3. The number of ether oxygens (including phenoxy) is 1. The summed E-state index contributed by atoms with van der Waals surface area (Å²) in [6, 6.07) is 5.86. The van der Waals surface area contributed by atoms with Crippen molar-refractivity contribution < 1.29 is 13.9 Å². The van der Waals surface area contributed by atoms with E-state index in [1.807, 2.05) is 0 Å². The fraction of sp³-hybridized carbons (Fsp3) is 0.533. The van der Waals surface area contributed by atoms with E-state index in [1.165, 1.54) is 12.1 Å². The predicted octanol–water partition coefficient (Wildman–Crippen LogP) is 2.87. The first-order valence-electron chi connectivity index (χ1n) is 7.12. The molecule has 1 aliphatic rings. The van der Waals surface area contributed by atoms with E-state index in [2.05, 4.69) is 10.9 Å². The Morgan fingerprint density at radius 3 is 2.65 bits per heavy atom. The molecule has 1 amide bonds. The molecule has 1 aromatic carbocycles. The number of carbonyl (C=O) groups excluding carboxylic acids is 1. The molecule has 1 fully saturated rings. The number of nitrogens with one attached hydrogen (secondary N) is 2. The van der Waals surface area contributed by atoms with Crippen molar-refractivity contribution in [3.8, 4) is 0 Å². The average molecular weight is 280 g/mol. The largest absolute Gasteiger partial charge is 0.381 e. The molecule has 1 heterocycles. The molecule has 20 heavy (non-hydrogen) atoms. The molecule has 0 unspecified atom stereocenters. The van der Waals surface area contributed by atoms with Crippen LogP contribution in [0.2, 0.25) is 0 Å². The summed E-state index contributed by atoms with van der Waals surface area (Å²) in [5.41, 5.74) is 6.06. The number of hydrogen-bond donors (Lipinski definition) is 2. The Bertz CT molecular complexity index is 416. The monoisotopic (exact) mass is 280 g/mol. The van der Waals surface area contributed by atoms with Crippen LogP contribution in [-0.4, -0.2) is 19.1 Å². The van der Waals surface area contributed by atoms with Crippen LogP contribution in [0.4, 0.5) is 10.1 Å². The highest BCUT2D eigenvalue weighted by molar-refractivity contribution is 5.77. The van der Waals surface area contributed by atoms with Crippen molar-refractivity contribution in [2.75, 3.05) is 18.6 Å². The molecule has 0 aromatic heterocycles. The van der Waals surface area contributed by atoms with Crippen molar-refractivity contribution in [1.29, 1.82) is 0 Å². The van der Waals surface area contributed by atoms with Crippen molar-refractivity contribution in [1.82, 2.24) is 5.43 Å². The van der Waals surface area contributed by atoms with E-state index < -0.39 is 0 Å². The standard InChI is InChI=1S/C15H21FN2O2/c16-13-4-6-14(7-5-13)17-18-15(19)3-1-2-12-8-10-20-11-9-12/h4-7,12,17H,1-3,8-11H2,(H,18,19). The second-order valence-corrected chi connectivity index (χ2v) is 5.13. The third-order valence-electron chi connectivity index (χ3n) is 3.55. The van der Waals surface area contributed by atoms with E-state index in [-0.39, 0.29) is 11.7 Å². The van der Waals surface area contributed by atoms with Crippen LogP contribution in [0.5, 0.6) is 0 Å². The lowest BCUT2D eigenvalue weighted by Crippen LogP contribution is -2.29. The van der Waals surface area contributed by atoms with Gasteiger partial charge in [-0.05, 0) is 55.9 Å². The molecule has 1 aromatic rings. The molecule has 0 radical (unpaired) electrons. The van der Waals surface area contributed by atoms with Gasteiger partial charge < -0.3 is 4.74 Å². The van der Waals surface area contributed by atoms with Gasteiger partial charge in [-0.25, -0.2) is 4.39 Å². The van der Waals surface area contributed by atoms with Gasteiger partial charge in [-0.1, -0.05) is 0 Å². The van der Waals surface area contributed by atoms with Crippen LogP contribution in [0.1, 0.15) is 32.1 Å². The third kappa shape index (κ3) is 5.17. The summed E-state index contributed by atoms with van der Waals surface area (Å²) >= 11 is 0. The highest BCUT2D eigenvalue weighted by Gasteiger charge is 2.13. The molecule has 1 saturated heterocycles. The lowest BCUT2D eigenvalue weighted by Gasteiger charge is -2.21. The Labute approximate surface area is 118 Å². The maximum atomic E-state index is 12.7. The minimum absolute atomic E-state index is 0.0404. The van der Waals surface area contributed by atoms with Gasteiger partial charge >= 0.3 is 0 Å². The molecule has 0 atom stereocenters. The molecular weight excluding hydrogens is 259 g/mol. The van der Waals surface area contributed by atoms with Gasteiger partial charge in [0.2, 0.25) is 5.91 Å². The van der Waals surface area contributed by atoms with Gasteiger partial charge in [0, 0.05) is 19.6 Å². The number of carbonyl (C=O) groups is 1. The van der Waals surface area contributed by atoms with Gasteiger partial charge in [0.05, 0.1) is 5.69 Å². The van der Waals surface area contributed by atoms with E-state index in [1.54, 1.807) is 12.1 Å². The minimum Gasteiger partial charge on any atom is -0.381 e. The van der Waals surface area contributed by atoms with E-state index >= 15 is 0 Å². The number of hydrazine groups is 1. The number of rotatable bonds is 6. The Morgan fingerprint density at radius 2 is 1.95 bits per heavy atom. The topological polar surface area (TPSA) is 50.4 Å². The fourth-order valence-corrected chi connectivity index (χ4v) is 2.32. The summed E-state index contributed by atoms with van der Waals surface area (Å²) < 4.78 is 18.0. The molecule has 0 saturated carbocycles. The Morgan fingerprint density at radius 1 is 1.25 bits per heavy atom. The Hall–Kier alpha value is -1.62. The lowest BCUT2D eigenvalue weighted by atomic mass is 9.94. The van der Waals surface area contributed by atoms with Crippen molar-refractivity contribution in [3.63, 3.8) is 0 Å². The van der Waals surface area contributed by atoms with Crippen molar-refractivity contribution >= 4 is 11.6 Å². The molecular formula is C15H21FN2O2. The van der Waals surface area contributed by atoms with Gasteiger partial charge in [0.25, 0.3) is 0 Å². The summed E-state index contributed by atoms with van der Waals surface area (Å²) in [5.74, 6) is 0.362. The first-order chi connectivity index (χ1) is 9.74. The predicted molar refractivity (Wildman–Crippen MR) is 75.6 cm³/mol. The van der Waals surface area contributed by atoms with Crippen LogP contribution in [0.25, 0.3) is 0 Å². The van der Waals surface area contributed by atoms with E-state index in [9.17, 15) is 9.18 Å². The van der Waals surface area contributed by atoms with Gasteiger partial charge in [-0.2, -0.15) is 0 Å². The van der Waals surface area contributed by atoms with Crippen molar-refractivity contribution in [2.45, 2.75) is 32.1 Å². The average Bonchev–Trinajstić information content (AvgIpc) is 2.48. The summed E-state index contributed by atoms with van der Waals surface area (Å²) in [5, 5.41) is 0. The maximum absolute atomic E-state index is 12.7. The molecule has 0 spiro atoms. The lowest BCUT2D eigenvalue weighted by molar-refractivity contribution is -0.120. The zero-order chi connectivity index (χ0) is 14.2. The number of benzene rings is 1. The molecule has 2 N–H and O–H groups in total. The van der Waals surface area contributed by atoms with Gasteiger partial charge in [-0.3, -0.25) is 15.6 Å². The first kappa shape index (κ1) is 14.8. The van der Waals surface area contributed by atoms with Crippen LogP contribution in [0.15, 0.2) is 24.3 Å². The molecule has 1 aliphatic heterocycles. The van der Waals surface area contributed by atoms with Crippen LogP contribution in [0, 0.1) is 11.7 Å². The number of amides is 1. The van der Waals surface area contributed by atoms with Crippen LogP contribution in [0.3, 0.4) is 0 Å². The first-order valence-corrected chi connectivity index (χ1v) is 7.12. The fourth-order valence-electron chi connectivity index (χ4n) is 2.32. The smallest absolute Gasteiger partial charge is 0.238 e. The normalized spacial score (nSPS) is 15.8. The van der Waals surface area contributed by atoms with Gasteiger partial charge in [-0.15, -0.1) is 0 Å². The molecule has 0 bridgehead atoms. The van der Waals surface area contributed by atoms with E-state index in [4.69, 9.17) is 4.74 Å². The van der Waals surface area contributed by atoms with Crippen LogP contribution in [-0.2, 0) is 9.53 Å². The summed E-state index contributed by atoms with van der Waals surface area (Å²) in [7, 11) is 0. The van der Waals surface area contributed by atoms with Crippen molar-refractivity contribution in [2.24, 2.45) is 5.92 Å². The van der Waals surface area contributed by atoms with E-state index in [0.29, 0.717) is 18.0 Å². The quantitative estimate of drug-likeness (QED) is 0.788.